The summed E-state index contributed by atoms with van der Waals surface area (Å²) in [4.78, 5) is 57.9. The van der Waals surface area contributed by atoms with Crippen molar-refractivity contribution < 1.29 is 29.0 Å². The van der Waals surface area contributed by atoms with Crippen molar-refractivity contribution in [2.75, 3.05) is 18.5 Å². The van der Waals surface area contributed by atoms with E-state index in [1.165, 1.54) is 6.33 Å². The van der Waals surface area contributed by atoms with Gasteiger partial charge in [0, 0.05) is 19.1 Å². The zero-order valence-electron chi connectivity index (χ0n) is 20.8. The average Bonchev–Trinajstić information content (AvgIpc) is 3.34. The first-order chi connectivity index (χ1) is 18.8. The lowest BCUT2D eigenvalue weighted by molar-refractivity contribution is -0.120. The average molecular weight is 531 g/mol. The topological polar surface area (TPSA) is 177 Å². The molecule has 0 fully saturated rings. The van der Waals surface area contributed by atoms with Gasteiger partial charge >= 0.3 is 5.97 Å². The third-order valence-electron chi connectivity index (χ3n) is 6.69. The van der Waals surface area contributed by atoms with Crippen molar-refractivity contribution in [3.63, 3.8) is 0 Å². The first kappa shape index (κ1) is 25.8. The second-order valence-electron chi connectivity index (χ2n) is 9.39. The number of amides is 3. The quantitative estimate of drug-likeness (QED) is 0.318. The highest BCUT2D eigenvalue weighted by Gasteiger charge is 2.30. The number of hydrogen-bond acceptors (Lipinski definition) is 8. The summed E-state index contributed by atoms with van der Waals surface area (Å²) in [6, 6.07) is 11.7. The minimum absolute atomic E-state index is 0.0328. The molecule has 12 nitrogen and oxygen atoms in total. The molecule has 5 rings (SSSR count). The number of hydrogen-bond donors (Lipinski definition) is 4. The fraction of sp³-hybridized carbons (Fsp3) is 0.259. The van der Waals surface area contributed by atoms with E-state index >= 15 is 0 Å². The van der Waals surface area contributed by atoms with Gasteiger partial charge in [-0.2, -0.15) is 0 Å². The van der Waals surface area contributed by atoms with E-state index in [-0.39, 0.29) is 49.4 Å². The number of benzene rings is 2. The summed E-state index contributed by atoms with van der Waals surface area (Å²) in [5, 5.41) is 14.8. The van der Waals surface area contributed by atoms with E-state index in [0.717, 1.165) is 16.7 Å². The number of primary amides is 1. The van der Waals surface area contributed by atoms with Crippen molar-refractivity contribution in [3.8, 4) is 5.75 Å². The van der Waals surface area contributed by atoms with Crippen molar-refractivity contribution >= 4 is 29.4 Å². The maximum atomic E-state index is 12.8. The number of carboxylic acid groups (broad SMARTS) is 1. The summed E-state index contributed by atoms with van der Waals surface area (Å²) < 4.78 is 5.35. The number of aromatic nitrogens is 2. The number of ether oxygens (including phenoxy) is 1. The molecule has 5 N–H and O–H groups in total. The van der Waals surface area contributed by atoms with E-state index in [0.29, 0.717) is 30.0 Å². The molecule has 3 aromatic rings. The van der Waals surface area contributed by atoms with Crippen molar-refractivity contribution in [3.05, 3.63) is 82.4 Å². The number of carboxylic acids is 1. The summed E-state index contributed by atoms with van der Waals surface area (Å²) in [7, 11) is 0. The van der Waals surface area contributed by atoms with Crippen molar-refractivity contribution in [1.29, 1.82) is 0 Å². The zero-order chi connectivity index (χ0) is 27.5. The van der Waals surface area contributed by atoms with Crippen LogP contribution >= 0.6 is 0 Å². The summed E-state index contributed by atoms with van der Waals surface area (Å²) in [6.45, 7) is 0.372. The Morgan fingerprint density at radius 1 is 1.15 bits per heavy atom. The van der Waals surface area contributed by atoms with Crippen molar-refractivity contribution in [1.82, 2.24) is 20.2 Å². The highest BCUT2D eigenvalue weighted by atomic mass is 16.5. The summed E-state index contributed by atoms with van der Waals surface area (Å²) in [5.41, 5.74) is 9.62. The molecule has 0 radical (unpaired) electrons. The van der Waals surface area contributed by atoms with Crippen LogP contribution in [0.3, 0.4) is 0 Å². The molecule has 39 heavy (non-hydrogen) atoms. The van der Waals surface area contributed by atoms with Crippen LogP contribution in [0.15, 0.2) is 48.8 Å². The van der Waals surface area contributed by atoms with E-state index in [1.807, 2.05) is 4.90 Å². The van der Waals surface area contributed by atoms with Gasteiger partial charge in [-0.3, -0.25) is 19.3 Å². The van der Waals surface area contributed by atoms with Crippen LogP contribution in [0.25, 0.3) is 0 Å². The molecule has 1 aliphatic heterocycles. The summed E-state index contributed by atoms with van der Waals surface area (Å²) in [6.07, 6.45) is 2.66. The number of nitrogens with zero attached hydrogens (tertiary/aromatic N) is 3. The predicted molar refractivity (Wildman–Crippen MR) is 138 cm³/mol. The van der Waals surface area contributed by atoms with Gasteiger partial charge in [0.15, 0.2) is 6.61 Å². The molecule has 200 valence electrons. The van der Waals surface area contributed by atoms with Crippen LogP contribution in [-0.4, -0.2) is 56.8 Å². The minimum Gasteiger partial charge on any atom is -0.482 e. The Morgan fingerprint density at radius 2 is 2.00 bits per heavy atom. The van der Waals surface area contributed by atoms with Crippen LogP contribution in [-0.2, 0) is 29.1 Å². The van der Waals surface area contributed by atoms with Crippen LogP contribution in [0, 0.1) is 0 Å². The molecule has 3 amide bonds. The minimum atomic E-state index is -0.991. The molecular weight excluding hydrogens is 504 g/mol. The molecule has 2 aromatic carbocycles. The lowest BCUT2D eigenvalue weighted by Crippen LogP contribution is -2.36. The highest BCUT2D eigenvalue weighted by Crippen LogP contribution is 2.37. The van der Waals surface area contributed by atoms with Gasteiger partial charge in [0.1, 0.15) is 17.8 Å². The second kappa shape index (κ2) is 10.9. The van der Waals surface area contributed by atoms with Crippen LogP contribution in [0.4, 0.5) is 5.69 Å². The number of anilines is 1. The van der Waals surface area contributed by atoms with E-state index in [2.05, 4.69) is 20.6 Å². The molecule has 0 saturated carbocycles. The Hall–Kier alpha value is -4.84. The molecule has 0 saturated heterocycles. The van der Waals surface area contributed by atoms with Gasteiger partial charge in [0.05, 0.1) is 23.5 Å². The van der Waals surface area contributed by atoms with Crippen LogP contribution in [0.5, 0.6) is 5.75 Å². The maximum absolute atomic E-state index is 12.8. The number of nitrogens with one attached hydrogen (secondary N) is 2. The summed E-state index contributed by atoms with van der Waals surface area (Å²) >= 11 is 0. The molecule has 0 spiro atoms. The Balaban J connectivity index is 1.28. The number of rotatable bonds is 9. The lowest BCUT2D eigenvalue weighted by atomic mass is 10.0. The lowest BCUT2D eigenvalue weighted by Gasteiger charge is -2.28. The SMILES string of the molecule is NC(=O)CN(Cc1cc(C(=O)NCc2ccc3c(c2)NC(=O)CO3)ncn1)C1CCc2cc(C(=O)O)ccc21. The maximum Gasteiger partial charge on any atom is 0.335 e. The van der Waals surface area contributed by atoms with Gasteiger partial charge in [0.2, 0.25) is 5.91 Å². The fourth-order valence-corrected chi connectivity index (χ4v) is 4.91. The van der Waals surface area contributed by atoms with Crippen LogP contribution in [0.1, 0.15) is 55.7 Å². The molecule has 1 atom stereocenters. The molecule has 1 aliphatic carbocycles. The molecule has 1 unspecified atom stereocenters. The Morgan fingerprint density at radius 3 is 2.79 bits per heavy atom. The summed E-state index contributed by atoms with van der Waals surface area (Å²) in [5.74, 6) is -1.59. The van der Waals surface area contributed by atoms with Gasteiger partial charge < -0.3 is 26.2 Å². The van der Waals surface area contributed by atoms with E-state index < -0.39 is 17.8 Å². The zero-order valence-corrected chi connectivity index (χ0v) is 20.8. The monoisotopic (exact) mass is 530 g/mol. The first-order valence-electron chi connectivity index (χ1n) is 12.3. The standard InChI is InChI=1S/C27H26N6O6/c28-24(34)12-33(22-5-3-16-8-17(27(37)38)2-4-19(16)22)11-18-9-21(31-14-30-18)26(36)29-10-15-1-6-23-20(7-15)32-25(35)13-39-23/h1-2,4,6-9,14,22H,3,5,10-13H2,(H2,28,34)(H,29,36)(H,32,35)(H,37,38). The predicted octanol–water partition coefficient (Wildman–Crippen LogP) is 1.41. The van der Waals surface area contributed by atoms with Gasteiger partial charge in [-0.25, -0.2) is 14.8 Å². The molecule has 2 aliphatic rings. The second-order valence-corrected chi connectivity index (χ2v) is 9.39. The van der Waals surface area contributed by atoms with E-state index in [1.54, 1.807) is 42.5 Å². The number of aryl methyl sites for hydroxylation is 1. The molecule has 1 aromatic heterocycles. The first-order valence-corrected chi connectivity index (χ1v) is 12.3. The number of aromatic carboxylic acids is 1. The van der Waals surface area contributed by atoms with Crippen LogP contribution < -0.4 is 21.1 Å². The third kappa shape index (κ3) is 5.85. The van der Waals surface area contributed by atoms with E-state index in [9.17, 15) is 24.3 Å². The number of nitrogens with two attached hydrogens (primary N) is 1. The van der Waals surface area contributed by atoms with Gasteiger partial charge in [-0.05, 0) is 59.9 Å². The number of carbonyl (C=O) groups excluding carboxylic acids is 3. The number of fused-ring (bicyclic) bond motifs is 2. The Kier molecular flexibility index (Phi) is 7.19. The third-order valence-corrected chi connectivity index (χ3v) is 6.69. The molecular formula is C27H26N6O6. The van der Waals surface area contributed by atoms with Gasteiger partial charge in [0.25, 0.3) is 11.8 Å². The smallest absolute Gasteiger partial charge is 0.335 e. The largest absolute Gasteiger partial charge is 0.482 e. The number of carbonyl (C=O) groups is 4. The van der Waals surface area contributed by atoms with Crippen molar-refractivity contribution in [2.45, 2.75) is 32.0 Å². The molecule has 2 heterocycles. The highest BCUT2D eigenvalue weighted by molar-refractivity contribution is 5.95. The van der Waals surface area contributed by atoms with Gasteiger partial charge in [-0.1, -0.05) is 12.1 Å². The van der Waals surface area contributed by atoms with Crippen LogP contribution in [0.2, 0.25) is 0 Å². The fourth-order valence-electron chi connectivity index (χ4n) is 4.91. The molecule has 0 bridgehead atoms. The Labute approximate surface area is 223 Å². The van der Waals surface area contributed by atoms with E-state index in [4.69, 9.17) is 10.5 Å². The molecule has 12 heteroatoms. The normalized spacial score (nSPS) is 15.6. The Bertz CT molecular complexity index is 1470. The van der Waals surface area contributed by atoms with Gasteiger partial charge in [-0.15, -0.1) is 0 Å². The van der Waals surface area contributed by atoms with Crippen molar-refractivity contribution in [2.24, 2.45) is 5.73 Å².